The lowest BCUT2D eigenvalue weighted by molar-refractivity contribution is -0.0563. The van der Waals surface area contributed by atoms with Crippen molar-refractivity contribution in [2.45, 2.75) is 56.5 Å². The van der Waals surface area contributed by atoms with Gasteiger partial charge in [-0.25, -0.2) is 0 Å². The maximum absolute atomic E-state index is 5.98. The minimum atomic E-state index is 0.248. The average molecular weight is 273 g/mol. The van der Waals surface area contributed by atoms with E-state index in [1.165, 1.54) is 36.8 Å². The summed E-state index contributed by atoms with van der Waals surface area (Å²) in [7, 11) is 0. The van der Waals surface area contributed by atoms with Gasteiger partial charge in [-0.2, -0.15) is 0 Å². The van der Waals surface area contributed by atoms with E-state index in [0.717, 1.165) is 26.2 Å². The van der Waals surface area contributed by atoms with Crippen molar-refractivity contribution >= 4 is 0 Å². The van der Waals surface area contributed by atoms with Gasteiger partial charge in [0, 0.05) is 19.0 Å². The van der Waals surface area contributed by atoms with E-state index in [1.807, 2.05) is 0 Å². The highest BCUT2D eigenvalue weighted by atomic mass is 16.5. The SMILES string of the molecule is c1ccc2c(c1)CO[C@H](CNC1COC3(CCC3)C1)C2. The molecule has 0 radical (unpaired) electrons. The molecule has 1 aliphatic carbocycles. The molecule has 1 N–H and O–H groups in total. The van der Waals surface area contributed by atoms with Crippen molar-refractivity contribution in [3.8, 4) is 0 Å². The Morgan fingerprint density at radius 2 is 2.05 bits per heavy atom. The number of hydrogen-bond acceptors (Lipinski definition) is 3. The highest BCUT2D eigenvalue weighted by molar-refractivity contribution is 5.28. The van der Waals surface area contributed by atoms with Crippen molar-refractivity contribution < 1.29 is 9.47 Å². The van der Waals surface area contributed by atoms with E-state index < -0.39 is 0 Å². The van der Waals surface area contributed by atoms with Gasteiger partial charge in [0.15, 0.2) is 0 Å². The number of fused-ring (bicyclic) bond motifs is 1. The molecule has 1 unspecified atom stereocenters. The summed E-state index contributed by atoms with van der Waals surface area (Å²) < 4.78 is 11.9. The van der Waals surface area contributed by atoms with Crippen molar-refractivity contribution in [3.05, 3.63) is 35.4 Å². The van der Waals surface area contributed by atoms with E-state index in [1.54, 1.807) is 0 Å². The van der Waals surface area contributed by atoms with Gasteiger partial charge in [-0.05, 0) is 36.8 Å². The van der Waals surface area contributed by atoms with Crippen LogP contribution < -0.4 is 5.32 Å². The van der Waals surface area contributed by atoms with Crippen LogP contribution in [0, 0.1) is 0 Å². The molecule has 20 heavy (non-hydrogen) atoms. The Morgan fingerprint density at radius 3 is 2.80 bits per heavy atom. The predicted octanol–water partition coefficient (Wildman–Crippen LogP) is 2.43. The molecule has 2 fully saturated rings. The molecule has 0 aromatic heterocycles. The monoisotopic (exact) mass is 273 g/mol. The Labute approximate surface area is 120 Å². The van der Waals surface area contributed by atoms with Gasteiger partial charge in [0.05, 0.1) is 24.9 Å². The molecule has 2 aliphatic heterocycles. The zero-order valence-corrected chi connectivity index (χ0v) is 11.9. The van der Waals surface area contributed by atoms with Gasteiger partial charge in [-0.3, -0.25) is 0 Å². The van der Waals surface area contributed by atoms with Crippen LogP contribution in [0.15, 0.2) is 24.3 Å². The Hall–Kier alpha value is -0.900. The summed E-state index contributed by atoms with van der Waals surface area (Å²) in [6.45, 7) is 2.58. The van der Waals surface area contributed by atoms with Gasteiger partial charge in [0.2, 0.25) is 0 Å². The summed E-state index contributed by atoms with van der Waals surface area (Å²) in [5.74, 6) is 0. The molecular formula is C17H23NO2. The first-order valence-corrected chi connectivity index (χ1v) is 7.89. The summed E-state index contributed by atoms with van der Waals surface area (Å²) in [5, 5.41) is 3.66. The molecule has 3 aliphatic rings. The first-order valence-electron chi connectivity index (χ1n) is 7.89. The summed E-state index contributed by atoms with van der Waals surface area (Å²) in [4.78, 5) is 0. The lowest BCUT2D eigenvalue weighted by Gasteiger charge is -2.37. The fourth-order valence-corrected chi connectivity index (χ4v) is 3.73. The average Bonchev–Trinajstić information content (AvgIpc) is 2.90. The van der Waals surface area contributed by atoms with Crippen LogP contribution in [0.2, 0.25) is 0 Å². The fraction of sp³-hybridized carbons (Fsp3) is 0.647. The largest absolute Gasteiger partial charge is 0.373 e. The Bertz CT molecular complexity index is 484. The van der Waals surface area contributed by atoms with Crippen LogP contribution >= 0.6 is 0 Å². The minimum absolute atomic E-state index is 0.248. The third-order valence-corrected chi connectivity index (χ3v) is 5.15. The molecule has 2 atom stereocenters. The Kier molecular flexibility index (Phi) is 3.29. The molecule has 3 nitrogen and oxygen atoms in total. The van der Waals surface area contributed by atoms with Crippen molar-refractivity contribution in [1.29, 1.82) is 0 Å². The number of hydrogen-bond donors (Lipinski definition) is 1. The second kappa shape index (κ2) is 5.14. The van der Waals surface area contributed by atoms with Crippen LogP contribution in [0.4, 0.5) is 0 Å². The molecule has 2 heterocycles. The lowest BCUT2D eigenvalue weighted by Crippen LogP contribution is -2.41. The molecule has 1 aromatic rings. The molecule has 4 rings (SSSR count). The molecule has 1 spiro atoms. The smallest absolute Gasteiger partial charge is 0.0744 e. The quantitative estimate of drug-likeness (QED) is 0.917. The van der Waals surface area contributed by atoms with Gasteiger partial charge < -0.3 is 14.8 Å². The summed E-state index contributed by atoms with van der Waals surface area (Å²) >= 11 is 0. The fourth-order valence-electron chi connectivity index (χ4n) is 3.73. The van der Waals surface area contributed by atoms with Gasteiger partial charge in [-0.1, -0.05) is 24.3 Å². The second-order valence-corrected chi connectivity index (χ2v) is 6.56. The van der Waals surface area contributed by atoms with Crippen molar-refractivity contribution in [2.24, 2.45) is 0 Å². The normalized spacial score (nSPS) is 31.0. The van der Waals surface area contributed by atoms with Gasteiger partial charge >= 0.3 is 0 Å². The topological polar surface area (TPSA) is 30.5 Å². The molecule has 108 valence electrons. The van der Waals surface area contributed by atoms with Gasteiger partial charge in [0.25, 0.3) is 0 Å². The zero-order chi connectivity index (χ0) is 13.4. The third-order valence-electron chi connectivity index (χ3n) is 5.15. The summed E-state index contributed by atoms with van der Waals surface area (Å²) in [6.07, 6.45) is 6.40. The van der Waals surface area contributed by atoms with E-state index in [2.05, 4.69) is 29.6 Å². The molecule has 1 aromatic carbocycles. The number of ether oxygens (including phenoxy) is 2. The van der Waals surface area contributed by atoms with Crippen LogP contribution in [-0.4, -0.2) is 30.9 Å². The second-order valence-electron chi connectivity index (χ2n) is 6.56. The Balaban J connectivity index is 1.29. The molecule has 0 amide bonds. The molecule has 0 bridgehead atoms. The van der Waals surface area contributed by atoms with E-state index in [9.17, 15) is 0 Å². The van der Waals surface area contributed by atoms with Gasteiger partial charge in [0.1, 0.15) is 0 Å². The molecule has 1 saturated carbocycles. The van der Waals surface area contributed by atoms with Crippen LogP contribution in [0.1, 0.15) is 36.8 Å². The lowest BCUT2D eigenvalue weighted by atomic mass is 9.77. The highest BCUT2D eigenvalue weighted by Gasteiger charge is 2.44. The van der Waals surface area contributed by atoms with Crippen LogP contribution in [-0.2, 0) is 22.5 Å². The van der Waals surface area contributed by atoms with E-state index in [0.29, 0.717) is 12.1 Å². The van der Waals surface area contributed by atoms with E-state index in [4.69, 9.17) is 9.47 Å². The molecule has 1 saturated heterocycles. The summed E-state index contributed by atoms with van der Waals surface area (Å²) in [5.41, 5.74) is 3.04. The van der Waals surface area contributed by atoms with Crippen molar-refractivity contribution in [2.75, 3.05) is 13.2 Å². The molecule has 3 heteroatoms. The van der Waals surface area contributed by atoms with Crippen molar-refractivity contribution in [1.82, 2.24) is 5.32 Å². The third kappa shape index (κ3) is 2.39. The molecular weight excluding hydrogens is 250 g/mol. The van der Waals surface area contributed by atoms with E-state index in [-0.39, 0.29) is 5.60 Å². The first kappa shape index (κ1) is 12.8. The van der Waals surface area contributed by atoms with Gasteiger partial charge in [-0.15, -0.1) is 0 Å². The maximum Gasteiger partial charge on any atom is 0.0744 e. The zero-order valence-electron chi connectivity index (χ0n) is 11.9. The number of nitrogens with one attached hydrogen (secondary N) is 1. The summed E-state index contributed by atoms with van der Waals surface area (Å²) in [6, 6.07) is 9.14. The first-order chi connectivity index (χ1) is 9.83. The Morgan fingerprint density at radius 1 is 1.20 bits per heavy atom. The standard InChI is InChI=1S/C17H23NO2/c1-2-5-14-11-19-16(8-13(14)4-1)10-18-15-9-17(20-12-15)6-3-7-17/h1-2,4-5,15-16,18H,3,6-12H2/t15?,16-/m0/s1. The minimum Gasteiger partial charge on any atom is -0.373 e. The predicted molar refractivity (Wildman–Crippen MR) is 77.7 cm³/mol. The van der Waals surface area contributed by atoms with Crippen LogP contribution in [0.3, 0.4) is 0 Å². The van der Waals surface area contributed by atoms with E-state index >= 15 is 0 Å². The number of benzene rings is 1. The number of rotatable bonds is 3. The van der Waals surface area contributed by atoms with Crippen LogP contribution in [0.5, 0.6) is 0 Å². The van der Waals surface area contributed by atoms with Crippen molar-refractivity contribution in [3.63, 3.8) is 0 Å². The van der Waals surface area contributed by atoms with Crippen LogP contribution in [0.25, 0.3) is 0 Å². The highest BCUT2D eigenvalue weighted by Crippen LogP contribution is 2.43. The maximum atomic E-state index is 5.98.